The number of para-hydroxylation sites is 1. The molecule has 0 aliphatic rings. The maximum absolute atomic E-state index is 12.9. The molecule has 3 rings (SSSR count). The van der Waals surface area contributed by atoms with Crippen LogP contribution in [-0.2, 0) is 4.79 Å². The van der Waals surface area contributed by atoms with Crippen LogP contribution in [0.3, 0.4) is 0 Å². The fraction of sp³-hybridized carbons (Fsp3) is 0.130. The van der Waals surface area contributed by atoms with Crippen LogP contribution in [0.25, 0.3) is 10.4 Å². The second kappa shape index (κ2) is 10.0. The van der Waals surface area contributed by atoms with Crippen LogP contribution in [0.2, 0.25) is 10.0 Å². The van der Waals surface area contributed by atoms with Crippen molar-refractivity contribution < 1.29 is 19.4 Å². The highest BCUT2D eigenvalue weighted by atomic mass is 35.5. The van der Waals surface area contributed by atoms with Crippen LogP contribution < -0.4 is 10.1 Å². The Morgan fingerprint density at radius 2 is 1.90 bits per heavy atom. The number of carboxylic acids is 1. The van der Waals surface area contributed by atoms with Crippen molar-refractivity contribution >= 4 is 52.1 Å². The molecule has 1 heterocycles. The van der Waals surface area contributed by atoms with Gasteiger partial charge in [-0.25, -0.2) is 4.79 Å². The molecule has 8 heteroatoms. The first-order chi connectivity index (χ1) is 14.8. The highest BCUT2D eigenvalue weighted by Crippen LogP contribution is 2.38. The number of allylic oxidation sites excluding steroid dienone is 1. The summed E-state index contributed by atoms with van der Waals surface area (Å²) in [6, 6.07) is 12.2. The molecule has 0 atom stereocenters. The Balaban J connectivity index is 1.92. The van der Waals surface area contributed by atoms with Crippen molar-refractivity contribution in [3.05, 3.63) is 80.9 Å². The molecule has 0 aliphatic carbocycles. The SMILES string of the molecule is CCC=C(Oc1ccccc1C)C(=O)Nc1csc(-c2ccc(Cl)c(Cl)c2)c1C(=O)O. The number of hydrogen-bond acceptors (Lipinski definition) is 4. The third-order valence-corrected chi connectivity index (χ3v) is 6.13. The summed E-state index contributed by atoms with van der Waals surface area (Å²) < 4.78 is 5.81. The lowest BCUT2D eigenvalue weighted by Crippen LogP contribution is -2.19. The van der Waals surface area contributed by atoms with Gasteiger partial charge in [-0.15, -0.1) is 11.3 Å². The molecule has 3 aromatic rings. The fourth-order valence-corrected chi connectivity index (χ4v) is 4.14. The lowest BCUT2D eigenvalue weighted by atomic mass is 10.1. The molecule has 1 aromatic heterocycles. The topological polar surface area (TPSA) is 75.6 Å². The zero-order chi connectivity index (χ0) is 22.5. The number of rotatable bonds is 7. The number of halogens is 2. The van der Waals surface area contributed by atoms with Crippen LogP contribution in [0.4, 0.5) is 5.69 Å². The number of carbonyl (C=O) groups excluding carboxylic acids is 1. The maximum Gasteiger partial charge on any atom is 0.339 e. The number of hydrogen-bond donors (Lipinski definition) is 2. The first-order valence-electron chi connectivity index (χ1n) is 9.37. The van der Waals surface area contributed by atoms with Gasteiger partial charge in [-0.2, -0.15) is 0 Å². The van der Waals surface area contributed by atoms with Gasteiger partial charge in [-0.1, -0.05) is 54.4 Å². The van der Waals surface area contributed by atoms with Crippen LogP contribution >= 0.6 is 34.5 Å². The second-order valence-electron chi connectivity index (χ2n) is 6.59. The minimum absolute atomic E-state index is 0.0246. The number of benzene rings is 2. The molecule has 0 radical (unpaired) electrons. The fourth-order valence-electron chi connectivity index (χ4n) is 2.85. The van der Waals surface area contributed by atoms with Gasteiger partial charge in [0, 0.05) is 5.38 Å². The quantitative estimate of drug-likeness (QED) is 0.283. The van der Waals surface area contributed by atoms with Crippen molar-refractivity contribution in [1.82, 2.24) is 0 Å². The first-order valence-corrected chi connectivity index (χ1v) is 11.0. The summed E-state index contributed by atoms with van der Waals surface area (Å²) in [6.45, 7) is 3.76. The van der Waals surface area contributed by atoms with E-state index in [0.29, 0.717) is 32.7 Å². The van der Waals surface area contributed by atoms with E-state index in [-0.39, 0.29) is 17.0 Å². The Bertz CT molecular complexity index is 1170. The standard InChI is InChI=1S/C23H19Cl2NO4S/c1-3-6-19(30-18-8-5-4-7-13(18)2)22(27)26-17-12-31-21(20(17)23(28)29)14-9-10-15(24)16(25)11-14/h4-12H,3H2,1-2H3,(H,26,27)(H,28,29). The summed E-state index contributed by atoms with van der Waals surface area (Å²) in [7, 11) is 0. The molecule has 31 heavy (non-hydrogen) atoms. The largest absolute Gasteiger partial charge is 0.478 e. The number of ether oxygens (including phenoxy) is 1. The molecular formula is C23H19Cl2NO4S. The Morgan fingerprint density at radius 3 is 2.55 bits per heavy atom. The molecule has 5 nitrogen and oxygen atoms in total. The molecule has 0 saturated carbocycles. The lowest BCUT2D eigenvalue weighted by Gasteiger charge is -2.12. The molecule has 0 saturated heterocycles. The number of carboxylic acid groups (broad SMARTS) is 1. The first kappa shape index (κ1) is 22.9. The molecule has 2 N–H and O–H groups in total. The van der Waals surface area contributed by atoms with Gasteiger partial charge in [-0.3, -0.25) is 4.79 Å². The van der Waals surface area contributed by atoms with Crippen molar-refractivity contribution in [2.45, 2.75) is 20.3 Å². The molecule has 0 fully saturated rings. The van der Waals surface area contributed by atoms with E-state index < -0.39 is 11.9 Å². The van der Waals surface area contributed by atoms with Gasteiger partial charge in [0.05, 0.1) is 20.6 Å². The molecular weight excluding hydrogens is 457 g/mol. The smallest absolute Gasteiger partial charge is 0.339 e. The number of amides is 1. The van der Waals surface area contributed by atoms with Gasteiger partial charge in [0.15, 0.2) is 5.76 Å². The summed E-state index contributed by atoms with van der Waals surface area (Å²) in [6.07, 6.45) is 2.22. The van der Waals surface area contributed by atoms with Crippen LogP contribution in [0.15, 0.2) is 59.7 Å². The monoisotopic (exact) mass is 475 g/mol. The highest BCUT2D eigenvalue weighted by molar-refractivity contribution is 7.14. The van der Waals surface area contributed by atoms with Crippen LogP contribution in [-0.4, -0.2) is 17.0 Å². The van der Waals surface area contributed by atoms with Gasteiger partial charge in [0.25, 0.3) is 5.91 Å². The molecule has 0 bridgehead atoms. The lowest BCUT2D eigenvalue weighted by molar-refractivity contribution is -0.114. The number of aryl methyl sites for hydroxylation is 1. The van der Waals surface area contributed by atoms with E-state index in [1.54, 1.807) is 35.7 Å². The van der Waals surface area contributed by atoms with Crippen LogP contribution in [0.1, 0.15) is 29.3 Å². The second-order valence-corrected chi connectivity index (χ2v) is 8.28. The van der Waals surface area contributed by atoms with Gasteiger partial charge < -0.3 is 15.2 Å². The van der Waals surface area contributed by atoms with Crippen molar-refractivity contribution in [1.29, 1.82) is 0 Å². The average molecular weight is 476 g/mol. The van der Waals surface area contributed by atoms with E-state index in [9.17, 15) is 14.7 Å². The summed E-state index contributed by atoms with van der Waals surface area (Å²) >= 11 is 13.2. The number of thiophene rings is 1. The Labute approximate surface area is 193 Å². The van der Waals surface area contributed by atoms with E-state index in [1.807, 2.05) is 32.0 Å². The molecule has 1 amide bonds. The minimum Gasteiger partial charge on any atom is -0.478 e. The molecule has 0 spiro atoms. The predicted molar refractivity (Wildman–Crippen MR) is 126 cm³/mol. The van der Waals surface area contributed by atoms with E-state index in [1.165, 1.54) is 11.3 Å². The zero-order valence-electron chi connectivity index (χ0n) is 16.7. The summed E-state index contributed by atoms with van der Waals surface area (Å²) in [5, 5.41) is 14.7. The third kappa shape index (κ3) is 5.28. The number of aromatic carboxylic acids is 1. The molecule has 2 aromatic carbocycles. The Morgan fingerprint density at radius 1 is 1.16 bits per heavy atom. The Hall–Kier alpha value is -2.80. The molecule has 160 valence electrons. The van der Waals surface area contributed by atoms with Gasteiger partial charge >= 0.3 is 5.97 Å². The normalized spacial score (nSPS) is 11.3. The van der Waals surface area contributed by atoms with Crippen molar-refractivity contribution in [3.8, 4) is 16.2 Å². The van der Waals surface area contributed by atoms with Crippen molar-refractivity contribution in [3.63, 3.8) is 0 Å². The number of nitrogens with one attached hydrogen (secondary N) is 1. The van der Waals surface area contributed by atoms with Crippen LogP contribution in [0.5, 0.6) is 5.75 Å². The minimum atomic E-state index is -1.17. The predicted octanol–water partition coefficient (Wildman–Crippen LogP) is 7.04. The van der Waals surface area contributed by atoms with Crippen molar-refractivity contribution in [2.75, 3.05) is 5.32 Å². The maximum atomic E-state index is 12.9. The molecule has 0 unspecified atom stereocenters. The summed E-state index contributed by atoms with van der Waals surface area (Å²) in [5.74, 6) is -1.06. The Kier molecular flexibility index (Phi) is 7.38. The summed E-state index contributed by atoms with van der Waals surface area (Å²) in [4.78, 5) is 25.4. The van der Waals surface area contributed by atoms with E-state index >= 15 is 0 Å². The van der Waals surface area contributed by atoms with E-state index in [4.69, 9.17) is 27.9 Å². The number of carbonyl (C=O) groups is 2. The van der Waals surface area contributed by atoms with Crippen LogP contribution in [0, 0.1) is 6.92 Å². The zero-order valence-corrected chi connectivity index (χ0v) is 19.1. The van der Waals surface area contributed by atoms with Gasteiger partial charge in [-0.05, 0) is 48.7 Å². The number of anilines is 1. The average Bonchev–Trinajstić information content (AvgIpc) is 3.15. The molecule has 0 aliphatic heterocycles. The third-order valence-electron chi connectivity index (χ3n) is 4.36. The van der Waals surface area contributed by atoms with Gasteiger partial charge in [0.1, 0.15) is 11.3 Å². The summed E-state index contributed by atoms with van der Waals surface area (Å²) in [5.41, 5.74) is 1.63. The highest BCUT2D eigenvalue weighted by Gasteiger charge is 2.23. The van der Waals surface area contributed by atoms with Gasteiger partial charge in [0.2, 0.25) is 0 Å². The van der Waals surface area contributed by atoms with E-state index in [2.05, 4.69) is 5.32 Å². The van der Waals surface area contributed by atoms with Crippen molar-refractivity contribution in [2.24, 2.45) is 0 Å². The van der Waals surface area contributed by atoms with E-state index in [0.717, 1.165) is 5.56 Å².